The summed E-state index contributed by atoms with van der Waals surface area (Å²) in [5.74, 6) is 0.187. The van der Waals surface area contributed by atoms with Crippen LogP contribution in [0.15, 0.2) is 0 Å². The van der Waals surface area contributed by atoms with E-state index in [1.165, 1.54) is 6.42 Å². The van der Waals surface area contributed by atoms with Crippen LogP contribution in [-0.4, -0.2) is 29.2 Å². The van der Waals surface area contributed by atoms with Crippen LogP contribution in [0.2, 0.25) is 0 Å². The molecule has 0 aliphatic carbocycles. The van der Waals surface area contributed by atoms with E-state index in [2.05, 4.69) is 34.6 Å². The second-order valence-corrected chi connectivity index (χ2v) is 8.65. The maximum absolute atomic E-state index is 6.45. The van der Waals surface area contributed by atoms with Gasteiger partial charge in [0.2, 0.25) is 0 Å². The van der Waals surface area contributed by atoms with Gasteiger partial charge in [0.1, 0.15) is 12.2 Å². The summed E-state index contributed by atoms with van der Waals surface area (Å²) >= 11 is 0. The molecule has 0 radical (unpaired) electrons. The van der Waals surface area contributed by atoms with Gasteiger partial charge in [-0.25, -0.2) is 0 Å². The minimum atomic E-state index is -0.477. The van der Waals surface area contributed by atoms with E-state index in [1.54, 1.807) is 0 Å². The van der Waals surface area contributed by atoms with E-state index in [9.17, 15) is 0 Å². The maximum Gasteiger partial charge on any atom is 0.164 e. The molecule has 1 unspecified atom stereocenters. The summed E-state index contributed by atoms with van der Waals surface area (Å²) in [5.41, 5.74) is -0.0639. The van der Waals surface area contributed by atoms with Crippen molar-refractivity contribution in [2.45, 2.75) is 96.9 Å². The Hall–Kier alpha value is -0.120. The fourth-order valence-electron chi connectivity index (χ4n) is 4.51. The van der Waals surface area contributed by atoms with Gasteiger partial charge in [0.15, 0.2) is 5.79 Å². The fraction of sp³-hybridized carbons (Fsp3) is 1.00. The van der Waals surface area contributed by atoms with Crippen LogP contribution in [0, 0.1) is 11.3 Å². The molecule has 0 aromatic carbocycles. The van der Waals surface area contributed by atoms with Gasteiger partial charge in [-0.15, -0.1) is 0 Å². The monoisotopic (exact) mass is 282 g/mol. The van der Waals surface area contributed by atoms with Gasteiger partial charge in [0.25, 0.3) is 0 Å². The zero-order chi connectivity index (χ0) is 15.0. The zero-order valence-corrected chi connectivity index (χ0v) is 14.1. The van der Waals surface area contributed by atoms with Crippen molar-refractivity contribution in [2.75, 3.05) is 0 Å². The van der Waals surface area contributed by atoms with Crippen molar-refractivity contribution in [1.82, 2.24) is 0 Å². The van der Waals surface area contributed by atoms with E-state index in [-0.39, 0.29) is 23.4 Å². The molecule has 5 atom stereocenters. The molecule has 3 aliphatic rings. The predicted molar refractivity (Wildman–Crippen MR) is 78.5 cm³/mol. The van der Waals surface area contributed by atoms with Crippen LogP contribution in [-0.2, 0) is 14.2 Å². The maximum atomic E-state index is 6.45. The molecule has 0 amide bonds. The summed E-state index contributed by atoms with van der Waals surface area (Å²) < 4.78 is 18.9. The van der Waals surface area contributed by atoms with Crippen molar-refractivity contribution < 1.29 is 14.2 Å². The number of fused-ring (bicyclic) bond motifs is 5. The van der Waals surface area contributed by atoms with Crippen LogP contribution in [0.25, 0.3) is 0 Å². The molecule has 3 heteroatoms. The van der Waals surface area contributed by atoms with Crippen LogP contribution in [0.4, 0.5) is 0 Å². The number of hydrogen-bond acceptors (Lipinski definition) is 3. The molecule has 20 heavy (non-hydrogen) atoms. The summed E-state index contributed by atoms with van der Waals surface area (Å²) in [7, 11) is 0. The molecule has 3 heterocycles. The first kappa shape index (κ1) is 14.8. The molecular weight excluding hydrogens is 252 g/mol. The Balaban J connectivity index is 1.93. The van der Waals surface area contributed by atoms with E-state index in [4.69, 9.17) is 14.2 Å². The fourth-order valence-corrected chi connectivity index (χ4v) is 4.51. The number of ether oxygens (including phenoxy) is 3. The first-order valence-corrected chi connectivity index (χ1v) is 8.07. The van der Waals surface area contributed by atoms with Gasteiger partial charge < -0.3 is 14.2 Å². The second-order valence-electron chi connectivity index (χ2n) is 8.65. The molecule has 0 spiro atoms. The van der Waals surface area contributed by atoms with Gasteiger partial charge in [-0.2, -0.15) is 0 Å². The Morgan fingerprint density at radius 3 is 1.80 bits per heavy atom. The van der Waals surface area contributed by atoms with Gasteiger partial charge in [-0.05, 0) is 51.9 Å². The van der Waals surface area contributed by atoms with Crippen LogP contribution in [0.1, 0.15) is 67.7 Å². The van der Waals surface area contributed by atoms with Crippen molar-refractivity contribution in [3.63, 3.8) is 0 Å². The SMILES string of the molecule is CCC(C)(C)C1C[C@@]2(C)O[C@@](C)(C1)[C@@H]1OC(C)(C)O[C@@H]12. The third kappa shape index (κ3) is 1.97. The Kier molecular flexibility index (Phi) is 2.96. The Bertz CT molecular complexity index is 388. The lowest BCUT2D eigenvalue weighted by atomic mass is 9.68. The average Bonchev–Trinajstić information content (AvgIpc) is 2.71. The van der Waals surface area contributed by atoms with E-state index in [1.807, 2.05) is 13.8 Å². The first-order valence-electron chi connectivity index (χ1n) is 8.07. The normalized spacial score (nSPS) is 50.2. The van der Waals surface area contributed by atoms with Crippen molar-refractivity contribution in [1.29, 1.82) is 0 Å². The van der Waals surface area contributed by atoms with Crippen molar-refractivity contribution in [2.24, 2.45) is 11.3 Å². The minimum Gasteiger partial charge on any atom is -0.363 e. The zero-order valence-electron chi connectivity index (χ0n) is 14.1. The van der Waals surface area contributed by atoms with Crippen molar-refractivity contribution in [3.8, 4) is 0 Å². The quantitative estimate of drug-likeness (QED) is 0.769. The third-order valence-electron chi connectivity index (χ3n) is 6.09. The van der Waals surface area contributed by atoms with Crippen LogP contribution >= 0.6 is 0 Å². The van der Waals surface area contributed by atoms with Crippen molar-refractivity contribution >= 4 is 0 Å². The lowest BCUT2D eigenvalue weighted by Crippen LogP contribution is -2.50. The second kappa shape index (κ2) is 3.99. The highest BCUT2D eigenvalue weighted by atomic mass is 16.8. The lowest BCUT2D eigenvalue weighted by molar-refractivity contribution is -0.252. The molecule has 0 aromatic heterocycles. The Morgan fingerprint density at radius 2 is 1.40 bits per heavy atom. The summed E-state index contributed by atoms with van der Waals surface area (Å²) in [6, 6.07) is 0. The summed E-state index contributed by atoms with van der Waals surface area (Å²) in [6.45, 7) is 15.5. The van der Waals surface area contributed by atoms with Gasteiger partial charge in [-0.3, -0.25) is 0 Å². The van der Waals surface area contributed by atoms with E-state index >= 15 is 0 Å². The molecule has 2 bridgehead atoms. The predicted octanol–water partition coefficient (Wildman–Crippen LogP) is 3.90. The topological polar surface area (TPSA) is 27.7 Å². The third-order valence-corrected chi connectivity index (χ3v) is 6.09. The highest BCUT2D eigenvalue weighted by Crippen LogP contribution is 2.59. The summed E-state index contributed by atoms with van der Waals surface area (Å²) in [6.07, 6.45) is 3.49. The molecule has 0 N–H and O–H groups in total. The molecule has 3 nitrogen and oxygen atoms in total. The van der Waals surface area contributed by atoms with Gasteiger partial charge in [0.05, 0.1) is 11.2 Å². The van der Waals surface area contributed by atoms with Crippen LogP contribution in [0.5, 0.6) is 0 Å². The summed E-state index contributed by atoms with van der Waals surface area (Å²) in [5, 5.41) is 0. The minimum absolute atomic E-state index is 0.0696. The van der Waals surface area contributed by atoms with Crippen molar-refractivity contribution in [3.05, 3.63) is 0 Å². The molecule has 3 fully saturated rings. The number of rotatable bonds is 2. The van der Waals surface area contributed by atoms with Gasteiger partial charge in [0, 0.05) is 0 Å². The summed E-state index contributed by atoms with van der Waals surface area (Å²) in [4.78, 5) is 0. The molecule has 116 valence electrons. The van der Waals surface area contributed by atoms with E-state index in [0.29, 0.717) is 11.3 Å². The average molecular weight is 282 g/mol. The number of hydrogen-bond donors (Lipinski definition) is 0. The van der Waals surface area contributed by atoms with Gasteiger partial charge in [-0.1, -0.05) is 27.2 Å². The highest BCUT2D eigenvalue weighted by Gasteiger charge is 2.69. The van der Waals surface area contributed by atoms with E-state index in [0.717, 1.165) is 12.8 Å². The molecular formula is C17H30O3. The lowest BCUT2D eigenvalue weighted by Gasteiger charge is -2.48. The molecule has 3 saturated heterocycles. The molecule has 3 rings (SSSR count). The Morgan fingerprint density at radius 1 is 0.950 bits per heavy atom. The van der Waals surface area contributed by atoms with Crippen LogP contribution in [0.3, 0.4) is 0 Å². The molecule has 0 saturated carbocycles. The standard InChI is InChI=1S/C17H30O3/c1-8-14(2,3)11-9-16(6)12-13(17(7,10-11)20-16)19-15(4,5)18-12/h11-13H,8-10H2,1-7H3/t11?,12-,13+,16+,17-. The van der Waals surface area contributed by atoms with E-state index < -0.39 is 5.79 Å². The highest BCUT2D eigenvalue weighted by molar-refractivity contribution is 5.15. The first-order chi connectivity index (χ1) is 9.01. The molecule has 3 aliphatic heterocycles. The largest absolute Gasteiger partial charge is 0.363 e. The molecule has 0 aromatic rings. The van der Waals surface area contributed by atoms with Gasteiger partial charge >= 0.3 is 0 Å². The Labute approximate surface area is 123 Å². The smallest absolute Gasteiger partial charge is 0.164 e. The van der Waals surface area contributed by atoms with Crippen LogP contribution < -0.4 is 0 Å².